The van der Waals surface area contributed by atoms with E-state index < -0.39 is 82.1 Å². The molecule has 0 N–H and O–H groups in total. The molecule has 0 aliphatic rings. The van der Waals surface area contributed by atoms with E-state index in [1.807, 2.05) is 0 Å². The second kappa shape index (κ2) is 24.3. The minimum absolute atomic E-state index is 0.239. The highest BCUT2D eigenvalue weighted by molar-refractivity contribution is 8.33. The van der Waals surface area contributed by atoms with Crippen LogP contribution in [0.15, 0.2) is 171 Å². The Kier molecular flexibility index (Phi) is 19.6. The summed E-state index contributed by atoms with van der Waals surface area (Å²) in [6.45, 7) is 9.24. The first-order chi connectivity index (χ1) is 38.6. The summed E-state index contributed by atoms with van der Waals surface area (Å²) in [5.41, 5.74) is 2.94. The van der Waals surface area contributed by atoms with Crippen LogP contribution in [0.4, 0.5) is 74.6 Å². The number of ketones is 3. The number of Topliss-reactive ketones (excluding diaryl/α,β-unsaturated/α-hetero) is 3. The Morgan fingerprint density at radius 1 is 0.369 bits per heavy atom. The van der Waals surface area contributed by atoms with Crippen molar-refractivity contribution in [2.45, 2.75) is 152 Å². The van der Waals surface area contributed by atoms with Crippen LogP contribution in [0.5, 0.6) is 0 Å². The molecule has 6 rings (SSSR count). The lowest BCUT2D eigenvalue weighted by atomic mass is 9.91. The van der Waals surface area contributed by atoms with Crippen LogP contribution < -0.4 is 0 Å². The predicted molar refractivity (Wildman–Crippen MR) is 282 cm³/mol. The van der Waals surface area contributed by atoms with Gasteiger partial charge in [0.25, 0.3) is 0 Å². The van der Waals surface area contributed by atoms with Crippen LogP contribution in [-0.4, -0.2) is 72.7 Å². The van der Waals surface area contributed by atoms with E-state index in [1.54, 1.807) is 57.2 Å². The molecule has 6 aromatic carbocycles. The maximum Gasteiger partial charge on any atom is 0.460 e. The Labute approximate surface area is 484 Å². The Bertz CT molecular complexity index is 3290. The number of halogens is 17. The fourth-order valence-corrected chi connectivity index (χ4v) is 16.1. The number of carbonyl (C=O) groups is 3. The molecule has 28 heteroatoms. The van der Waals surface area contributed by atoms with Crippen molar-refractivity contribution >= 4 is 73.1 Å². The van der Waals surface area contributed by atoms with Crippen molar-refractivity contribution in [3.05, 3.63) is 161 Å². The molecule has 0 atom stereocenters. The highest BCUT2D eigenvalue weighted by atomic mass is 32.3. The van der Waals surface area contributed by atoms with Crippen molar-refractivity contribution in [2.75, 3.05) is 0 Å². The first-order valence-corrected chi connectivity index (χ1v) is 29.8. The van der Waals surface area contributed by atoms with Gasteiger partial charge in [-0.25, -0.2) is 3.63 Å². The normalized spacial score (nSPS) is 13.7. The summed E-state index contributed by atoms with van der Waals surface area (Å²) >= 11 is 2.98. The van der Waals surface area contributed by atoms with E-state index in [9.17, 15) is 62.3 Å². The van der Waals surface area contributed by atoms with E-state index in [1.165, 1.54) is 75.4 Å². The number of aryl methyl sites for hydroxylation is 3. The van der Waals surface area contributed by atoms with Crippen molar-refractivity contribution in [1.29, 1.82) is 0 Å². The molecular weight excluding hydrogens is 1250 g/mol. The van der Waals surface area contributed by atoms with Crippen molar-refractivity contribution in [3.63, 3.8) is 0 Å². The summed E-state index contributed by atoms with van der Waals surface area (Å²) in [5, 5.41) is -8.04. The third-order valence-corrected chi connectivity index (χ3v) is 21.1. The minimum atomic E-state index is -9.09. The molecule has 6 nitrogen and oxygen atoms in total. The summed E-state index contributed by atoms with van der Waals surface area (Å²) in [5.74, 6) is -53.9. The van der Waals surface area contributed by atoms with Crippen LogP contribution in [0, 0.1) is 0 Å². The van der Waals surface area contributed by atoms with Gasteiger partial charge in [-0.3, -0.25) is 14.4 Å². The number of benzene rings is 6. The number of carbonyl (C=O) groups excluding carboxylic acids is 3. The average Bonchev–Trinajstić information content (AvgIpc) is 0.912. The highest BCUT2D eigenvalue weighted by Gasteiger charge is 2.96. The molecule has 454 valence electrons. The van der Waals surface area contributed by atoms with Gasteiger partial charge in [-0.2, -0.15) is 83.1 Å². The highest BCUT2D eigenvalue weighted by Crippen LogP contribution is 2.72. The van der Waals surface area contributed by atoms with Crippen molar-refractivity contribution < 1.29 is 101 Å². The van der Waals surface area contributed by atoms with Gasteiger partial charge < -0.3 is 0 Å². The fraction of sp³-hybridized carbons (Fsp3) is 0.304. The van der Waals surface area contributed by atoms with E-state index in [2.05, 4.69) is 0 Å². The molecule has 0 unspecified atom stereocenters. The Hall–Kier alpha value is -5.55. The van der Waals surface area contributed by atoms with E-state index in [0.29, 0.717) is 67.3 Å². The molecule has 0 saturated heterocycles. The van der Waals surface area contributed by atoms with Crippen LogP contribution in [0.2, 0.25) is 0 Å². The number of alkyl halides is 17. The largest absolute Gasteiger partial charge is 0.460 e. The van der Waals surface area contributed by atoms with E-state index >= 15 is 35.1 Å². The Morgan fingerprint density at radius 2 is 0.607 bits per heavy atom. The van der Waals surface area contributed by atoms with Gasteiger partial charge in [0.2, 0.25) is 0 Å². The van der Waals surface area contributed by atoms with E-state index in [-0.39, 0.29) is 32.0 Å². The molecular formula is C56H45F17O6S5. The topological polar surface area (TPSA) is 94.6 Å². The third kappa shape index (κ3) is 12.1. The molecule has 0 bridgehead atoms. The number of hydrogen-bond donors (Lipinski definition) is 0. The monoisotopic (exact) mass is 1300 g/mol. The van der Waals surface area contributed by atoms with Crippen LogP contribution in [0.1, 0.15) is 89.3 Å². The summed E-state index contributed by atoms with van der Waals surface area (Å²) in [7, 11) is -13.2. The van der Waals surface area contributed by atoms with Gasteiger partial charge in [0, 0.05) is 60.7 Å². The van der Waals surface area contributed by atoms with Gasteiger partial charge in [0.15, 0.2) is 17.3 Å². The molecule has 84 heavy (non-hydrogen) atoms. The molecule has 0 radical (unpaired) electrons. The zero-order valence-electron chi connectivity index (χ0n) is 44.2. The maximum atomic E-state index is 16.4. The Morgan fingerprint density at radius 3 is 0.845 bits per heavy atom. The Balaban J connectivity index is 1.60. The van der Waals surface area contributed by atoms with Crippen LogP contribution >= 0.6 is 45.6 Å². The first kappa shape index (κ1) is 67.6. The summed E-state index contributed by atoms with van der Waals surface area (Å²) in [6.07, 6.45) is -6.87. The van der Waals surface area contributed by atoms with Crippen LogP contribution in [-0.2, 0) is 33.0 Å². The predicted octanol–water partition coefficient (Wildman–Crippen LogP) is 18.9. The van der Waals surface area contributed by atoms with Gasteiger partial charge in [0.1, 0.15) is 0 Å². The van der Waals surface area contributed by atoms with Gasteiger partial charge in [-0.05, 0) is 176 Å². The van der Waals surface area contributed by atoms with Gasteiger partial charge in [-0.15, -0.1) is 0 Å². The standard InChI is InChI=1S/C56H45F17O6S5/c1-7-34-28-40(16-25-46(34)31(4)74)80-37-10-19-43(20-11-37)83(44-21-12-38(13-22-44)81-41-17-26-47(32(5)75)35(8-2)29-41,45-23-14-39(15-24-45)82-42-18-27-48(33(6)76)36(9-3)30-42)79-84(77,78)56(72,73)54(67,68)52(63,64)50(59,60)49(57,58)51(61,62)53(65,66)55(69,70)71/h10-30H,7-9H2,1-6H3. The van der Waals surface area contributed by atoms with Crippen LogP contribution in [0.25, 0.3) is 0 Å². The summed E-state index contributed by atoms with van der Waals surface area (Å²) in [4.78, 5) is 37.1. The lowest BCUT2D eigenvalue weighted by molar-refractivity contribution is -0.458. The average molecular weight is 1300 g/mol. The number of hydrogen-bond acceptors (Lipinski definition) is 9. The summed E-state index contributed by atoms with van der Waals surface area (Å²) < 4.78 is 283. The molecule has 6 aromatic rings. The molecule has 0 aromatic heterocycles. The lowest BCUT2D eigenvalue weighted by Gasteiger charge is -2.44. The molecule has 0 aliphatic carbocycles. The molecule has 0 heterocycles. The first-order valence-electron chi connectivity index (χ1n) is 24.4. The molecule has 0 spiro atoms. The zero-order valence-corrected chi connectivity index (χ0v) is 48.2. The molecule has 0 fully saturated rings. The lowest BCUT2D eigenvalue weighted by Crippen LogP contribution is -2.75. The van der Waals surface area contributed by atoms with E-state index in [4.69, 9.17) is 3.63 Å². The van der Waals surface area contributed by atoms with Crippen molar-refractivity contribution in [3.8, 4) is 0 Å². The maximum absolute atomic E-state index is 16.4. The fourth-order valence-electron chi connectivity index (χ4n) is 8.32. The second-order valence-corrected chi connectivity index (χ2v) is 26.4. The minimum Gasteiger partial charge on any atom is -0.295 e. The quantitative estimate of drug-likeness (QED) is 0.0434. The smallest absolute Gasteiger partial charge is 0.295 e. The molecule has 0 saturated carbocycles. The summed E-state index contributed by atoms with van der Waals surface area (Å²) in [6, 6.07) is 27.2. The second-order valence-electron chi connectivity index (χ2n) is 18.4. The van der Waals surface area contributed by atoms with Gasteiger partial charge in [-0.1, -0.05) is 74.3 Å². The van der Waals surface area contributed by atoms with Crippen molar-refractivity contribution in [1.82, 2.24) is 0 Å². The van der Waals surface area contributed by atoms with Gasteiger partial charge in [0.05, 0.1) is 0 Å². The van der Waals surface area contributed by atoms with Crippen LogP contribution in [0.3, 0.4) is 0 Å². The SMILES string of the molecule is CCc1cc(Sc2ccc(S(OS(=O)(=O)C(F)(F)C(F)(F)C(F)(F)C(F)(F)C(F)(F)C(F)(F)C(F)(F)C(F)(F)F)(c3ccc(Sc4ccc(C(C)=O)c(CC)c4)cc3)c3ccc(Sc4ccc(C(C)=O)c(CC)c4)cc3)cc2)ccc1C(C)=O. The zero-order chi connectivity index (χ0) is 63.2. The van der Waals surface area contributed by atoms with E-state index in [0.717, 1.165) is 71.7 Å². The number of rotatable bonds is 24. The third-order valence-electron chi connectivity index (χ3n) is 12.9. The molecule has 0 amide bonds. The van der Waals surface area contributed by atoms with Gasteiger partial charge >= 0.3 is 57.1 Å². The molecule has 0 aliphatic heterocycles. The van der Waals surface area contributed by atoms with Crippen molar-refractivity contribution in [2.24, 2.45) is 0 Å².